The van der Waals surface area contributed by atoms with E-state index in [0.29, 0.717) is 11.5 Å². The number of anilines is 1. The molecule has 1 spiro atoms. The molecule has 0 aliphatic carbocycles. The highest BCUT2D eigenvalue weighted by atomic mass is 32.1. The summed E-state index contributed by atoms with van der Waals surface area (Å²) in [5.74, 6) is 1.32. The second-order valence-corrected chi connectivity index (χ2v) is 8.80. The number of hydrogen-bond acceptors (Lipinski definition) is 9. The molecule has 1 fully saturated rings. The van der Waals surface area contributed by atoms with Gasteiger partial charge in [0.2, 0.25) is 0 Å². The molecule has 0 atom stereocenters. The van der Waals surface area contributed by atoms with E-state index < -0.39 is 0 Å². The molecule has 0 aromatic carbocycles. The molecular weight excluding hydrogens is 402 g/mol. The monoisotopic (exact) mass is 425 g/mol. The highest BCUT2D eigenvalue weighted by molar-refractivity contribution is 7.20. The number of rotatable bonds is 2. The SMILES string of the molecule is COC(=O)c1sc2ncnc(N3CCC4(CC3)OCCc3cnc(C)nc34)c2c1C. The van der Waals surface area contributed by atoms with Gasteiger partial charge in [-0.3, -0.25) is 0 Å². The van der Waals surface area contributed by atoms with Crippen molar-refractivity contribution in [3.05, 3.63) is 40.0 Å². The lowest BCUT2D eigenvalue weighted by molar-refractivity contribution is -0.0803. The van der Waals surface area contributed by atoms with E-state index in [1.165, 1.54) is 24.0 Å². The minimum Gasteiger partial charge on any atom is -0.465 e. The fourth-order valence-corrected chi connectivity index (χ4v) is 5.60. The Morgan fingerprint density at radius 2 is 2.03 bits per heavy atom. The molecule has 9 heteroatoms. The number of ether oxygens (including phenoxy) is 2. The number of esters is 1. The first-order valence-electron chi connectivity index (χ1n) is 10.1. The zero-order valence-corrected chi connectivity index (χ0v) is 18.1. The molecule has 0 N–H and O–H groups in total. The van der Waals surface area contributed by atoms with Crippen LogP contribution in [0, 0.1) is 13.8 Å². The minimum absolute atomic E-state index is 0.332. The van der Waals surface area contributed by atoms with Crippen LogP contribution in [0.4, 0.5) is 5.82 Å². The van der Waals surface area contributed by atoms with Crippen LogP contribution < -0.4 is 4.90 Å². The van der Waals surface area contributed by atoms with E-state index in [-0.39, 0.29) is 11.6 Å². The van der Waals surface area contributed by atoms with E-state index in [1.807, 2.05) is 20.0 Å². The Balaban J connectivity index is 1.47. The van der Waals surface area contributed by atoms with Crippen LogP contribution in [0.15, 0.2) is 12.5 Å². The number of hydrogen-bond donors (Lipinski definition) is 0. The molecule has 30 heavy (non-hydrogen) atoms. The van der Waals surface area contributed by atoms with Gasteiger partial charge in [-0.25, -0.2) is 24.7 Å². The zero-order chi connectivity index (χ0) is 20.9. The molecule has 0 radical (unpaired) electrons. The van der Waals surface area contributed by atoms with E-state index in [2.05, 4.69) is 19.9 Å². The van der Waals surface area contributed by atoms with E-state index in [4.69, 9.17) is 14.5 Å². The van der Waals surface area contributed by atoms with Crippen molar-refractivity contribution in [2.45, 2.75) is 38.7 Å². The van der Waals surface area contributed by atoms with E-state index in [9.17, 15) is 4.79 Å². The van der Waals surface area contributed by atoms with Gasteiger partial charge in [0.15, 0.2) is 0 Å². The molecule has 3 aromatic heterocycles. The van der Waals surface area contributed by atoms with Crippen LogP contribution in [-0.4, -0.2) is 52.7 Å². The van der Waals surface area contributed by atoms with Crippen molar-refractivity contribution in [2.75, 3.05) is 31.7 Å². The molecule has 0 saturated carbocycles. The van der Waals surface area contributed by atoms with E-state index >= 15 is 0 Å². The first-order chi connectivity index (χ1) is 14.5. The maximum absolute atomic E-state index is 12.1. The van der Waals surface area contributed by atoms with Gasteiger partial charge in [-0.1, -0.05) is 0 Å². The quantitative estimate of drug-likeness (QED) is 0.579. The van der Waals surface area contributed by atoms with Crippen LogP contribution in [0.1, 0.15) is 45.2 Å². The molecule has 1 saturated heterocycles. The summed E-state index contributed by atoms with van der Waals surface area (Å²) in [7, 11) is 1.40. The second-order valence-electron chi connectivity index (χ2n) is 7.80. The molecule has 5 heterocycles. The molecule has 8 nitrogen and oxygen atoms in total. The Hall–Kier alpha value is -2.65. The van der Waals surface area contributed by atoms with E-state index in [1.54, 1.807) is 6.33 Å². The number of carbonyl (C=O) groups is 1. The average molecular weight is 426 g/mol. The van der Waals surface area contributed by atoms with Gasteiger partial charge >= 0.3 is 5.97 Å². The lowest BCUT2D eigenvalue weighted by Gasteiger charge is -2.44. The third kappa shape index (κ3) is 2.95. The third-order valence-electron chi connectivity index (χ3n) is 6.11. The second kappa shape index (κ2) is 7.24. The summed E-state index contributed by atoms with van der Waals surface area (Å²) in [5.41, 5.74) is 2.76. The van der Waals surface area contributed by atoms with Crippen molar-refractivity contribution in [3.8, 4) is 0 Å². The van der Waals surface area contributed by atoms with Gasteiger partial charge in [0.25, 0.3) is 0 Å². The van der Waals surface area contributed by atoms with Gasteiger partial charge in [-0.15, -0.1) is 11.3 Å². The number of nitrogens with zero attached hydrogens (tertiary/aromatic N) is 5. The number of methoxy groups -OCH3 is 1. The number of thiophene rings is 1. The van der Waals surface area contributed by atoms with Crippen LogP contribution in [0.25, 0.3) is 10.2 Å². The fraction of sp³-hybridized carbons (Fsp3) is 0.476. The Morgan fingerprint density at radius 1 is 1.23 bits per heavy atom. The Morgan fingerprint density at radius 3 is 2.80 bits per heavy atom. The summed E-state index contributed by atoms with van der Waals surface area (Å²) in [6, 6.07) is 0. The number of fused-ring (bicyclic) bond motifs is 3. The molecule has 0 bridgehead atoms. The van der Waals surface area contributed by atoms with Crippen LogP contribution in [0.2, 0.25) is 0 Å². The molecular formula is C21H23N5O3S. The minimum atomic E-state index is -0.356. The number of aromatic nitrogens is 4. The van der Waals surface area contributed by atoms with Gasteiger partial charge < -0.3 is 14.4 Å². The van der Waals surface area contributed by atoms with Gasteiger partial charge in [-0.05, 0) is 44.2 Å². The van der Waals surface area contributed by atoms with Crippen molar-refractivity contribution in [1.82, 2.24) is 19.9 Å². The summed E-state index contributed by atoms with van der Waals surface area (Å²) < 4.78 is 11.3. The van der Waals surface area contributed by atoms with Gasteiger partial charge in [0.1, 0.15) is 33.3 Å². The molecule has 0 amide bonds. The Bertz CT molecular complexity index is 1140. The standard InChI is InChI=1S/C21H23N5O3S/c1-12-15-18(23-11-24-19(15)30-16(12)20(27)28-3)26-7-5-21(6-8-26)17-14(4-9-29-21)10-22-13(2)25-17/h10-11H,4-9H2,1-3H3. The molecule has 2 aliphatic rings. The summed E-state index contributed by atoms with van der Waals surface area (Å²) in [4.78, 5) is 33.9. The predicted octanol–water partition coefficient (Wildman–Crippen LogP) is 2.95. The third-order valence-corrected chi connectivity index (χ3v) is 7.29. The first kappa shape index (κ1) is 19.3. The maximum Gasteiger partial charge on any atom is 0.348 e. The largest absolute Gasteiger partial charge is 0.465 e. The van der Waals surface area contributed by atoms with Crippen LogP contribution >= 0.6 is 11.3 Å². The van der Waals surface area contributed by atoms with E-state index in [0.717, 1.165) is 65.5 Å². The zero-order valence-electron chi connectivity index (χ0n) is 17.3. The lowest BCUT2D eigenvalue weighted by Crippen LogP contribution is -2.47. The van der Waals surface area contributed by atoms with Crippen LogP contribution in [0.3, 0.4) is 0 Å². The van der Waals surface area contributed by atoms with Crippen molar-refractivity contribution < 1.29 is 14.3 Å². The van der Waals surface area contributed by atoms with Gasteiger partial charge in [0.05, 0.1) is 24.8 Å². The van der Waals surface area contributed by atoms with Gasteiger partial charge in [0, 0.05) is 19.3 Å². The van der Waals surface area contributed by atoms with Gasteiger partial charge in [-0.2, -0.15) is 0 Å². The predicted molar refractivity (Wildman–Crippen MR) is 113 cm³/mol. The lowest BCUT2D eigenvalue weighted by atomic mass is 9.83. The number of aryl methyl sites for hydroxylation is 2. The molecule has 3 aromatic rings. The highest BCUT2D eigenvalue weighted by Crippen LogP contribution is 2.42. The normalized spacial score (nSPS) is 17.9. The summed E-state index contributed by atoms with van der Waals surface area (Å²) >= 11 is 1.35. The highest BCUT2D eigenvalue weighted by Gasteiger charge is 2.43. The van der Waals surface area contributed by atoms with Crippen molar-refractivity contribution in [2.24, 2.45) is 0 Å². The van der Waals surface area contributed by atoms with Crippen molar-refractivity contribution in [1.29, 1.82) is 0 Å². The summed E-state index contributed by atoms with van der Waals surface area (Å²) in [6.07, 6.45) is 6.04. The number of carbonyl (C=O) groups excluding carboxylic acids is 1. The molecule has 2 aliphatic heterocycles. The molecule has 0 unspecified atom stereocenters. The maximum atomic E-state index is 12.1. The Kier molecular flexibility index (Phi) is 4.67. The smallest absolute Gasteiger partial charge is 0.348 e. The summed E-state index contributed by atoms with van der Waals surface area (Å²) in [5, 5.41) is 0.932. The molecule has 5 rings (SSSR count). The fourth-order valence-electron chi connectivity index (χ4n) is 4.54. The van der Waals surface area contributed by atoms with Crippen LogP contribution in [0.5, 0.6) is 0 Å². The topological polar surface area (TPSA) is 90.3 Å². The summed E-state index contributed by atoms with van der Waals surface area (Å²) in [6.45, 7) is 6.13. The number of piperidine rings is 1. The van der Waals surface area contributed by atoms with Crippen LogP contribution in [-0.2, 0) is 21.5 Å². The Labute approximate surface area is 178 Å². The first-order valence-corrected chi connectivity index (χ1v) is 10.9. The van der Waals surface area contributed by atoms with Crippen molar-refractivity contribution >= 4 is 33.3 Å². The van der Waals surface area contributed by atoms with Crippen molar-refractivity contribution in [3.63, 3.8) is 0 Å². The average Bonchev–Trinajstić information content (AvgIpc) is 3.11. The molecule has 156 valence electrons.